The van der Waals surface area contributed by atoms with Crippen LogP contribution in [-0.4, -0.2) is 26.4 Å². The number of methoxy groups -OCH3 is 1. The SMILES string of the molecule is COc1cc(N)ccc1CNCC1CCCCO1. The predicted molar refractivity (Wildman–Crippen MR) is 72.7 cm³/mol. The summed E-state index contributed by atoms with van der Waals surface area (Å²) in [6.07, 6.45) is 3.99. The van der Waals surface area contributed by atoms with Gasteiger partial charge in [-0.3, -0.25) is 0 Å². The number of rotatable bonds is 5. The molecule has 100 valence electrons. The number of nitrogens with one attached hydrogen (secondary N) is 1. The van der Waals surface area contributed by atoms with Crippen LogP contribution in [0, 0.1) is 0 Å². The van der Waals surface area contributed by atoms with Crippen molar-refractivity contribution in [2.45, 2.75) is 31.9 Å². The first-order chi connectivity index (χ1) is 8.79. The van der Waals surface area contributed by atoms with Crippen molar-refractivity contribution < 1.29 is 9.47 Å². The monoisotopic (exact) mass is 250 g/mol. The summed E-state index contributed by atoms with van der Waals surface area (Å²) in [4.78, 5) is 0. The molecule has 0 saturated carbocycles. The molecule has 1 atom stereocenters. The first-order valence-electron chi connectivity index (χ1n) is 6.54. The maximum atomic E-state index is 5.73. The van der Waals surface area contributed by atoms with Gasteiger partial charge >= 0.3 is 0 Å². The topological polar surface area (TPSA) is 56.5 Å². The van der Waals surface area contributed by atoms with E-state index < -0.39 is 0 Å². The maximum absolute atomic E-state index is 5.73. The third kappa shape index (κ3) is 3.62. The highest BCUT2D eigenvalue weighted by atomic mass is 16.5. The van der Waals surface area contributed by atoms with Crippen LogP contribution in [0.4, 0.5) is 5.69 Å². The number of nitrogen functional groups attached to an aromatic ring is 1. The number of hydrogen-bond donors (Lipinski definition) is 2. The zero-order valence-corrected chi connectivity index (χ0v) is 10.9. The van der Waals surface area contributed by atoms with E-state index in [1.807, 2.05) is 18.2 Å². The normalized spacial score (nSPS) is 19.7. The lowest BCUT2D eigenvalue weighted by Crippen LogP contribution is -2.31. The molecule has 1 aliphatic rings. The van der Waals surface area contributed by atoms with Crippen molar-refractivity contribution in [2.75, 3.05) is 26.0 Å². The number of ether oxygens (including phenoxy) is 2. The van der Waals surface area contributed by atoms with Gasteiger partial charge in [-0.2, -0.15) is 0 Å². The van der Waals surface area contributed by atoms with E-state index in [0.717, 1.165) is 43.1 Å². The van der Waals surface area contributed by atoms with Crippen LogP contribution in [0.1, 0.15) is 24.8 Å². The Balaban J connectivity index is 1.82. The quantitative estimate of drug-likeness (QED) is 0.784. The third-order valence-corrected chi connectivity index (χ3v) is 3.27. The van der Waals surface area contributed by atoms with Gasteiger partial charge in [0.1, 0.15) is 5.75 Å². The maximum Gasteiger partial charge on any atom is 0.125 e. The van der Waals surface area contributed by atoms with Gasteiger partial charge in [0, 0.05) is 37.0 Å². The van der Waals surface area contributed by atoms with E-state index in [1.165, 1.54) is 12.8 Å². The largest absolute Gasteiger partial charge is 0.496 e. The van der Waals surface area contributed by atoms with Gasteiger partial charge in [-0.15, -0.1) is 0 Å². The molecule has 0 aromatic heterocycles. The molecule has 0 bridgehead atoms. The summed E-state index contributed by atoms with van der Waals surface area (Å²) < 4.78 is 11.0. The van der Waals surface area contributed by atoms with Gasteiger partial charge in [0.15, 0.2) is 0 Å². The van der Waals surface area contributed by atoms with Gasteiger partial charge in [-0.1, -0.05) is 6.07 Å². The number of nitrogens with two attached hydrogens (primary N) is 1. The van der Waals surface area contributed by atoms with Crippen molar-refractivity contribution in [3.8, 4) is 5.75 Å². The molecule has 0 aliphatic carbocycles. The summed E-state index contributed by atoms with van der Waals surface area (Å²) in [5, 5.41) is 3.42. The Bertz CT molecular complexity index is 376. The molecule has 0 spiro atoms. The minimum Gasteiger partial charge on any atom is -0.496 e. The molecule has 1 unspecified atom stereocenters. The highest BCUT2D eigenvalue weighted by Crippen LogP contribution is 2.21. The second-order valence-corrected chi connectivity index (χ2v) is 4.69. The van der Waals surface area contributed by atoms with E-state index in [4.69, 9.17) is 15.2 Å². The summed E-state index contributed by atoms with van der Waals surface area (Å²) in [7, 11) is 1.67. The summed E-state index contributed by atoms with van der Waals surface area (Å²) in [6, 6.07) is 5.76. The van der Waals surface area contributed by atoms with E-state index >= 15 is 0 Å². The zero-order valence-electron chi connectivity index (χ0n) is 10.9. The fourth-order valence-corrected chi connectivity index (χ4v) is 2.24. The predicted octanol–water partition coefficient (Wildman–Crippen LogP) is 1.94. The molecule has 3 N–H and O–H groups in total. The molecule has 1 aromatic rings. The number of anilines is 1. The Labute approximate surface area is 108 Å². The molecule has 1 heterocycles. The Hall–Kier alpha value is -1.26. The average molecular weight is 250 g/mol. The number of benzene rings is 1. The Morgan fingerprint density at radius 3 is 3.06 bits per heavy atom. The summed E-state index contributed by atoms with van der Waals surface area (Å²) in [6.45, 7) is 2.58. The van der Waals surface area contributed by atoms with E-state index in [9.17, 15) is 0 Å². The van der Waals surface area contributed by atoms with Gasteiger partial charge < -0.3 is 20.5 Å². The van der Waals surface area contributed by atoms with Crippen molar-refractivity contribution in [1.29, 1.82) is 0 Å². The molecule has 0 radical (unpaired) electrons. The fraction of sp³-hybridized carbons (Fsp3) is 0.571. The van der Waals surface area contributed by atoms with Crippen LogP contribution < -0.4 is 15.8 Å². The van der Waals surface area contributed by atoms with Gasteiger partial charge in [0.2, 0.25) is 0 Å². The summed E-state index contributed by atoms with van der Waals surface area (Å²) in [5.74, 6) is 0.840. The number of hydrogen-bond acceptors (Lipinski definition) is 4. The lowest BCUT2D eigenvalue weighted by atomic mass is 10.1. The molecular weight excluding hydrogens is 228 g/mol. The van der Waals surface area contributed by atoms with E-state index in [2.05, 4.69) is 5.32 Å². The smallest absolute Gasteiger partial charge is 0.125 e. The molecule has 1 saturated heterocycles. The van der Waals surface area contributed by atoms with Crippen LogP contribution in [-0.2, 0) is 11.3 Å². The minimum absolute atomic E-state index is 0.360. The van der Waals surface area contributed by atoms with E-state index in [1.54, 1.807) is 7.11 Å². The first kappa shape index (κ1) is 13.2. The van der Waals surface area contributed by atoms with Crippen molar-refractivity contribution in [2.24, 2.45) is 0 Å². The molecule has 18 heavy (non-hydrogen) atoms. The Kier molecular flexibility index (Phi) is 4.84. The van der Waals surface area contributed by atoms with Gasteiger partial charge in [0.25, 0.3) is 0 Å². The Morgan fingerprint density at radius 2 is 2.33 bits per heavy atom. The molecule has 0 amide bonds. The molecule has 2 rings (SSSR count). The molecular formula is C14H22N2O2. The standard InChI is InChI=1S/C14H22N2O2/c1-17-14-8-12(15)6-5-11(14)9-16-10-13-4-2-3-7-18-13/h5-6,8,13,16H,2-4,7,9-10,15H2,1H3. The van der Waals surface area contributed by atoms with Crippen molar-refractivity contribution in [1.82, 2.24) is 5.32 Å². The van der Waals surface area contributed by atoms with Gasteiger partial charge in [0.05, 0.1) is 13.2 Å². The second-order valence-electron chi connectivity index (χ2n) is 4.69. The van der Waals surface area contributed by atoms with E-state index in [0.29, 0.717) is 6.10 Å². The average Bonchev–Trinajstić information content (AvgIpc) is 2.41. The fourth-order valence-electron chi connectivity index (χ4n) is 2.24. The van der Waals surface area contributed by atoms with Crippen molar-refractivity contribution >= 4 is 5.69 Å². The molecule has 1 aliphatic heterocycles. The van der Waals surface area contributed by atoms with Gasteiger partial charge in [-0.25, -0.2) is 0 Å². The lowest BCUT2D eigenvalue weighted by Gasteiger charge is -2.23. The first-order valence-corrected chi connectivity index (χ1v) is 6.54. The highest BCUT2D eigenvalue weighted by Gasteiger charge is 2.13. The van der Waals surface area contributed by atoms with Crippen LogP contribution in [0.3, 0.4) is 0 Å². The zero-order chi connectivity index (χ0) is 12.8. The second kappa shape index (κ2) is 6.61. The van der Waals surface area contributed by atoms with Crippen LogP contribution in [0.2, 0.25) is 0 Å². The highest BCUT2D eigenvalue weighted by molar-refractivity contribution is 5.48. The Morgan fingerprint density at radius 1 is 1.44 bits per heavy atom. The minimum atomic E-state index is 0.360. The molecule has 1 fully saturated rings. The molecule has 4 nitrogen and oxygen atoms in total. The van der Waals surface area contributed by atoms with Gasteiger partial charge in [-0.05, 0) is 25.3 Å². The third-order valence-electron chi connectivity index (χ3n) is 3.27. The summed E-state index contributed by atoms with van der Waals surface area (Å²) in [5.41, 5.74) is 7.58. The van der Waals surface area contributed by atoms with Crippen LogP contribution in [0.25, 0.3) is 0 Å². The molecule has 4 heteroatoms. The van der Waals surface area contributed by atoms with Crippen molar-refractivity contribution in [3.63, 3.8) is 0 Å². The van der Waals surface area contributed by atoms with Crippen LogP contribution in [0.15, 0.2) is 18.2 Å². The van der Waals surface area contributed by atoms with Crippen LogP contribution >= 0.6 is 0 Å². The van der Waals surface area contributed by atoms with Crippen LogP contribution in [0.5, 0.6) is 5.75 Å². The summed E-state index contributed by atoms with van der Waals surface area (Å²) >= 11 is 0. The molecule has 1 aromatic carbocycles. The van der Waals surface area contributed by atoms with Crippen molar-refractivity contribution in [3.05, 3.63) is 23.8 Å². The lowest BCUT2D eigenvalue weighted by molar-refractivity contribution is 0.0167. The van der Waals surface area contributed by atoms with E-state index in [-0.39, 0.29) is 0 Å².